The third-order valence-electron chi connectivity index (χ3n) is 6.00. The van der Waals surface area contributed by atoms with E-state index in [2.05, 4.69) is 10.3 Å². The number of aromatic nitrogens is 1. The van der Waals surface area contributed by atoms with E-state index in [1.54, 1.807) is 37.3 Å². The van der Waals surface area contributed by atoms with Crippen LogP contribution < -0.4 is 5.32 Å². The summed E-state index contributed by atoms with van der Waals surface area (Å²) in [5, 5.41) is 2.80. The van der Waals surface area contributed by atoms with Crippen molar-refractivity contribution in [2.24, 2.45) is 0 Å². The minimum Gasteiger partial charge on any atom is -0.335 e. The number of para-hydroxylation sites is 1. The normalized spacial score (nSPS) is 13.9. The van der Waals surface area contributed by atoms with Gasteiger partial charge < -0.3 is 15.1 Å². The van der Waals surface area contributed by atoms with Gasteiger partial charge in [0.1, 0.15) is 0 Å². The first-order valence-corrected chi connectivity index (χ1v) is 11.2. The molecule has 186 valence electrons. The average Bonchev–Trinajstić information content (AvgIpc) is 2.89. The van der Waals surface area contributed by atoms with E-state index in [0.29, 0.717) is 22.4 Å². The van der Waals surface area contributed by atoms with Gasteiger partial charge in [0.15, 0.2) is 0 Å². The first kappa shape index (κ1) is 24.9. The van der Waals surface area contributed by atoms with Crippen molar-refractivity contribution in [3.63, 3.8) is 0 Å². The SMILES string of the molecule is Cc1cccc(C(=O)N2CCN(C(=O)c3ccccc3C(F)(F)F)CC2)c1NC(=O)c1ccncc1. The van der Waals surface area contributed by atoms with Gasteiger partial charge in [-0.05, 0) is 42.8 Å². The number of halogens is 3. The van der Waals surface area contributed by atoms with E-state index < -0.39 is 23.2 Å². The Hall–Kier alpha value is -4.21. The topological polar surface area (TPSA) is 82.6 Å². The predicted molar refractivity (Wildman–Crippen MR) is 127 cm³/mol. The van der Waals surface area contributed by atoms with Gasteiger partial charge >= 0.3 is 6.18 Å². The lowest BCUT2D eigenvalue weighted by atomic mass is 10.0. The quantitative estimate of drug-likeness (QED) is 0.585. The fourth-order valence-electron chi connectivity index (χ4n) is 4.07. The zero-order chi connectivity index (χ0) is 25.9. The number of amides is 3. The molecule has 0 bridgehead atoms. The molecule has 36 heavy (non-hydrogen) atoms. The fourth-order valence-corrected chi connectivity index (χ4v) is 4.07. The number of nitrogens with zero attached hydrogens (tertiary/aromatic N) is 3. The van der Waals surface area contributed by atoms with Crippen LogP contribution in [0, 0.1) is 6.92 Å². The van der Waals surface area contributed by atoms with Gasteiger partial charge in [0.25, 0.3) is 17.7 Å². The lowest BCUT2D eigenvalue weighted by molar-refractivity contribution is -0.138. The van der Waals surface area contributed by atoms with E-state index in [9.17, 15) is 27.6 Å². The molecule has 0 atom stereocenters. The number of nitrogens with one attached hydrogen (secondary N) is 1. The molecule has 0 aliphatic carbocycles. The van der Waals surface area contributed by atoms with Crippen molar-refractivity contribution < 1.29 is 27.6 Å². The maximum atomic E-state index is 13.3. The Morgan fingerprint density at radius 1 is 0.806 bits per heavy atom. The van der Waals surface area contributed by atoms with Gasteiger partial charge in [-0.2, -0.15) is 13.2 Å². The van der Waals surface area contributed by atoms with Crippen LogP contribution in [-0.4, -0.2) is 58.7 Å². The lowest BCUT2D eigenvalue weighted by Crippen LogP contribution is -2.51. The van der Waals surface area contributed by atoms with E-state index in [0.717, 1.165) is 12.1 Å². The summed E-state index contributed by atoms with van der Waals surface area (Å²) in [6, 6.07) is 12.9. The Balaban J connectivity index is 1.48. The number of hydrogen-bond donors (Lipinski definition) is 1. The van der Waals surface area contributed by atoms with Crippen LogP contribution >= 0.6 is 0 Å². The van der Waals surface area contributed by atoms with Crippen molar-refractivity contribution in [2.45, 2.75) is 13.1 Å². The number of piperazine rings is 1. The van der Waals surface area contributed by atoms with Crippen LogP contribution in [0.1, 0.15) is 42.2 Å². The average molecular weight is 496 g/mol. The summed E-state index contributed by atoms with van der Waals surface area (Å²) in [6.07, 6.45) is -1.66. The maximum Gasteiger partial charge on any atom is 0.417 e. The van der Waals surface area contributed by atoms with Gasteiger partial charge in [-0.25, -0.2) is 0 Å². The first-order chi connectivity index (χ1) is 17.2. The minimum absolute atomic E-state index is 0.0846. The Morgan fingerprint density at radius 2 is 1.36 bits per heavy atom. The molecule has 10 heteroatoms. The molecule has 2 heterocycles. The van der Waals surface area contributed by atoms with Crippen molar-refractivity contribution in [2.75, 3.05) is 31.5 Å². The molecule has 4 rings (SSSR count). The van der Waals surface area contributed by atoms with E-state index in [-0.39, 0.29) is 38.0 Å². The van der Waals surface area contributed by atoms with E-state index in [4.69, 9.17) is 0 Å². The molecule has 0 spiro atoms. The number of carbonyl (C=O) groups is 3. The number of rotatable bonds is 4. The van der Waals surface area contributed by atoms with Gasteiger partial charge in [-0.15, -0.1) is 0 Å². The monoisotopic (exact) mass is 496 g/mol. The van der Waals surface area contributed by atoms with Crippen LogP contribution in [0.3, 0.4) is 0 Å². The number of benzene rings is 2. The number of alkyl halides is 3. The Morgan fingerprint density at radius 3 is 1.97 bits per heavy atom. The number of hydrogen-bond acceptors (Lipinski definition) is 4. The molecular weight excluding hydrogens is 473 g/mol. The molecule has 2 aromatic carbocycles. The van der Waals surface area contributed by atoms with Gasteiger partial charge in [0, 0.05) is 44.1 Å². The lowest BCUT2D eigenvalue weighted by Gasteiger charge is -2.35. The Bertz CT molecular complexity index is 1290. The molecule has 1 fully saturated rings. The maximum absolute atomic E-state index is 13.3. The van der Waals surface area contributed by atoms with Crippen molar-refractivity contribution >= 4 is 23.4 Å². The molecule has 0 saturated carbocycles. The van der Waals surface area contributed by atoms with Crippen molar-refractivity contribution in [1.82, 2.24) is 14.8 Å². The van der Waals surface area contributed by atoms with E-state index in [1.165, 1.54) is 34.3 Å². The van der Waals surface area contributed by atoms with Crippen LogP contribution in [0.25, 0.3) is 0 Å². The molecular formula is C26H23F3N4O3. The van der Waals surface area contributed by atoms with Crippen LogP contribution in [0.2, 0.25) is 0 Å². The van der Waals surface area contributed by atoms with Crippen LogP contribution in [0.4, 0.5) is 18.9 Å². The molecule has 3 aromatic rings. The summed E-state index contributed by atoms with van der Waals surface area (Å²) in [6.45, 7) is 2.23. The molecule has 0 unspecified atom stereocenters. The highest BCUT2D eigenvalue weighted by Crippen LogP contribution is 2.32. The number of aryl methyl sites for hydroxylation is 1. The third-order valence-corrected chi connectivity index (χ3v) is 6.00. The van der Waals surface area contributed by atoms with Gasteiger partial charge in [0.2, 0.25) is 0 Å². The molecule has 0 radical (unpaired) electrons. The van der Waals surface area contributed by atoms with Gasteiger partial charge in [-0.1, -0.05) is 24.3 Å². The van der Waals surface area contributed by atoms with Crippen LogP contribution in [0.15, 0.2) is 67.0 Å². The molecule has 1 aromatic heterocycles. The third kappa shape index (κ3) is 5.22. The summed E-state index contributed by atoms with van der Waals surface area (Å²) in [5.41, 5.74) is 0.354. The predicted octanol–water partition coefficient (Wildman–Crippen LogP) is 4.26. The zero-order valence-electron chi connectivity index (χ0n) is 19.4. The highest BCUT2D eigenvalue weighted by molar-refractivity contribution is 6.09. The molecule has 3 amide bonds. The fraction of sp³-hybridized carbons (Fsp3) is 0.231. The Kier molecular flexibility index (Phi) is 7.05. The standard InChI is InChI=1S/C26H23F3N4O3/c1-17-5-4-7-20(22(17)31-23(34)18-9-11-30-12-10-18)25(36)33-15-13-32(14-16-33)24(35)19-6-2-3-8-21(19)26(27,28)29/h2-12H,13-16H2,1H3,(H,31,34). The summed E-state index contributed by atoms with van der Waals surface area (Å²) in [5.74, 6) is -1.46. The molecule has 7 nitrogen and oxygen atoms in total. The summed E-state index contributed by atoms with van der Waals surface area (Å²) < 4.78 is 40.0. The van der Waals surface area contributed by atoms with Crippen LogP contribution in [-0.2, 0) is 6.18 Å². The van der Waals surface area contributed by atoms with E-state index >= 15 is 0 Å². The molecule has 1 aliphatic rings. The largest absolute Gasteiger partial charge is 0.417 e. The zero-order valence-corrected chi connectivity index (χ0v) is 19.4. The molecule has 1 saturated heterocycles. The highest BCUT2D eigenvalue weighted by atomic mass is 19.4. The van der Waals surface area contributed by atoms with Crippen molar-refractivity contribution in [1.29, 1.82) is 0 Å². The first-order valence-electron chi connectivity index (χ1n) is 11.2. The van der Waals surface area contributed by atoms with Crippen molar-refractivity contribution in [3.8, 4) is 0 Å². The number of pyridine rings is 1. The van der Waals surface area contributed by atoms with Crippen molar-refractivity contribution in [3.05, 3.63) is 94.8 Å². The van der Waals surface area contributed by atoms with E-state index in [1.807, 2.05) is 0 Å². The summed E-state index contributed by atoms with van der Waals surface area (Å²) in [4.78, 5) is 45.6. The second-order valence-corrected chi connectivity index (χ2v) is 8.32. The summed E-state index contributed by atoms with van der Waals surface area (Å²) >= 11 is 0. The number of anilines is 1. The highest BCUT2D eigenvalue weighted by Gasteiger charge is 2.36. The molecule has 1 N–H and O–H groups in total. The Labute approximate surface area is 205 Å². The van der Waals surface area contributed by atoms with Gasteiger partial charge in [-0.3, -0.25) is 19.4 Å². The van der Waals surface area contributed by atoms with Crippen LogP contribution in [0.5, 0.6) is 0 Å². The molecule has 1 aliphatic heterocycles. The minimum atomic E-state index is -4.65. The smallest absolute Gasteiger partial charge is 0.335 e. The second kappa shape index (κ2) is 10.2. The second-order valence-electron chi connectivity index (χ2n) is 8.32. The number of carbonyl (C=O) groups excluding carboxylic acids is 3. The summed E-state index contributed by atoms with van der Waals surface area (Å²) in [7, 11) is 0. The van der Waals surface area contributed by atoms with Gasteiger partial charge in [0.05, 0.1) is 22.4 Å².